The molecule has 4 heteroatoms. The smallest absolute Gasteiger partial charge is 0.236 e. The molecular formula is C11H9N3O. The van der Waals surface area contributed by atoms with Crippen molar-refractivity contribution < 1.29 is 4.42 Å². The predicted molar refractivity (Wildman–Crippen MR) is 55.7 cm³/mol. The molecule has 0 saturated carbocycles. The summed E-state index contributed by atoms with van der Waals surface area (Å²) in [6, 6.07) is 11.5. The third-order valence-corrected chi connectivity index (χ3v) is 1.87. The second kappa shape index (κ2) is 3.84. The molecule has 0 fully saturated rings. The van der Waals surface area contributed by atoms with Crippen LogP contribution >= 0.6 is 0 Å². The molecule has 0 saturated heterocycles. The van der Waals surface area contributed by atoms with Gasteiger partial charge in [0.1, 0.15) is 6.07 Å². The Hall–Kier alpha value is -2.28. The summed E-state index contributed by atoms with van der Waals surface area (Å²) >= 11 is 0. The summed E-state index contributed by atoms with van der Waals surface area (Å²) in [5.74, 6) is 0.867. The number of nitrogens with zero attached hydrogens (tertiary/aromatic N) is 2. The molecular weight excluding hydrogens is 190 g/mol. The summed E-state index contributed by atoms with van der Waals surface area (Å²) in [7, 11) is 0. The number of rotatable bonds is 2. The Morgan fingerprint density at radius 1 is 1.33 bits per heavy atom. The summed E-state index contributed by atoms with van der Waals surface area (Å²) < 4.78 is 5.26. The first-order valence-corrected chi connectivity index (χ1v) is 4.49. The van der Waals surface area contributed by atoms with Crippen LogP contribution in [-0.4, -0.2) is 4.98 Å². The fraction of sp³-hybridized carbons (Fsp3) is 0.0909. The molecule has 0 radical (unpaired) electrons. The zero-order chi connectivity index (χ0) is 10.7. The van der Waals surface area contributed by atoms with Crippen LogP contribution in [0.4, 0.5) is 11.6 Å². The van der Waals surface area contributed by atoms with Gasteiger partial charge in [-0.05, 0) is 12.1 Å². The monoisotopic (exact) mass is 199 g/mol. The number of aryl methyl sites for hydroxylation is 1. The van der Waals surface area contributed by atoms with E-state index >= 15 is 0 Å². The number of oxazole rings is 1. The molecule has 0 amide bonds. The first-order chi connectivity index (χ1) is 7.29. The van der Waals surface area contributed by atoms with E-state index in [0.29, 0.717) is 11.8 Å². The number of hydrogen-bond donors (Lipinski definition) is 1. The van der Waals surface area contributed by atoms with Crippen LogP contribution in [-0.2, 0) is 0 Å². The van der Waals surface area contributed by atoms with Gasteiger partial charge in [0.15, 0.2) is 5.89 Å². The Bertz CT molecular complexity index is 496. The molecule has 15 heavy (non-hydrogen) atoms. The van der Waals surface area contributed by atoms with Gasteiger partial charge in [-0.3, -0.25) is 0 Å². The maximum atomic E-state index is 8.80. The van der Waals surface area contributed by atoms with Gasteiger partial charge >= 0.3 is 0 Å². The molecule has 0 aliphatic carbocycles. The van der Waals surface area contributed by atoms with Crippen molar-refractivity contribution in [2.75, 3.05) is 5.32 Å². The van der Waals surface area contributed by atoms with Gasteiger partial charge in [0, 0.05) is 12.6 Å². The van der Waals surface area contributed by atoms with Crippen LogP contribution in [0.15, 0.2) is 34.7 Å². The van der Waals surface area contributed by atoms with Gasteiger partial charge in [0.2, 0.25) is 11.6 Å². The third kappa shape index (κ3) is 1.97. The van der Waals surface area contributed by atoms with Crippen LogP contribution in [0.25, 0.3) is 0 Å². The molecule has 0 spiro atoms. The van der Waals surface area contributed by atoms with Crippen LogP contribution < -0.4 is 5.32 Å². The molecule has 0 aliphatic rings. The standard InChI is InChI=1S/C11H9N3O/c1-8-13-10(7-12)11(15-8)14-9-5-3-2-4-6-9/h2-6,14H,1H3. The Morgan fingerprint density at radius 3 is 2.73 bits per heavy atom. The van der Waals surface area contributed by atoms with Crippen LogP contribution in [0.1, 0.15) is 11.6 Å². The number of benzene rings is 1. The second-order valence-corrected chi connectivity index (χ2v) is 3.01. The summed E-state index contributed by atoms with van der Waals surface area (Å²) in [6.07, 6.45) is 0. The molecule has 74 valence electrons. The van der Waals surface area contributed by atoms with Crippen LogP contribution in [0.3, 0.4) is 0 Å². The Kier molecular flexibility index (Phi) is 2.38. The van der Waals surface area contributed by atoms with Crippen LogP contribution in [0, 0.1) is 18.3 Å². The quantitative estimate of drug-likeness (QED) is 0.807. The van der Waals surface area contributed by atoms with Crippen molar-refractivity contribution in [2.45, 2.75) is 6.92 Å². The molecule has 0 bridgehead atoms. The zero-order valence-corrected chi connectivity index (χ0v) is 8.19. The molecule has 4 nitrogen and oxygen atoms in total. The molecule has 0 aliphatic heterocycles. The minimum Gasteiger partial charge on any atom is -0.424 e. The zero-order valence-electron chi connectivity index (χ0n) is 8.19. The van der Waals surface area contributed by atoms with Gasteiger partial charge in [0.05, 0.1) is 0 Å². The van der Waals surface area contributed by atoms with E-state index < -0.39 is 0 Å². The van der Waals surface area contributed by atoms with Gasteiger partial charge in [-0.2, -0.15) is 5.26 Å². The van der Waals surface area contributed by atoms with E-state index in [1.54, 1.807) is 6.92 Å². The average molecular weight is 199 g/mol. The van der Waals surface area contributed by atoms with Gasteiger partial charge < -0.3 is 9.73 Å². The van der Waals surface area contributed by atoms with Gasteiger partial charge in [-0.25, -0.2) is 4.98 Å². The third-order valence-electron chi connectivity index (χ3n) is 1.87. The molecule has 0 atom stereocenters. The molecule has 1 heterocycles. The number of hydrogen-bond acceptors (Lipinski definition) is 4. The summed E-state index contributed by atoms with van der Waals surface area (Å²) in [6.45, 7) is 1.71. The highest BCUT2D eigenvalue weighted by Crippen LogP contribution is 2.20. The maximum Gasteiger partial charge on any atom is 0.236 e. The lowest BCUT2D eigenvalue weighted by atomic mass is 10.3. The molecule has 1 aromatic heterocycles. The summed E-state index contributed by atoms with van der Waals surface area (Å²) in [4.78, 5) is 3.94. The van der Waals surface area contributed by atoms with E-state index in [1.807, 2.05) is 36.4 Å². The molecule has 0 unspecified atom stereocenters. The van der Waals surface area contributed by atoms with Crippen molar-refractivity contribution in [3.63, 3.8) is 0 Å². The number of aromatic nitrogens is 1. The number of para-hydroxylation sites is 1. The molecule has 1 aromatic carbocycles. The first kappa shape index (κ1) is 9.28. The van der Waals surface area contributed by atoms with Crippen LogP contribution in [0.2, 0.25) is 0 Å². The Morgan fingerprint density at radius 2 is 2.07 bits per heavy atom. The fourth-order valence-corrected chi connectivity index (χ4v) is 1.24. The van der Waals surface area contributed by atoms with Gasteiger partial charge in [-0.1, -0.05) is 18.2 Å². The number of nitrogens with one attached hydrogen (secondary N) is 1. The van der Waals surface area contributed by atoms with E-state index in [-0.39, 0.29) is 5.69 Å². The van der Waals surface area contributed by atoms with E-state index in [9.17, 15) is 0 Å². The van der Waals surface area contributed by atoms with E-state index in [0.717, 1.165) is 5.69 Å². The Labute approximate surface area is 87.2 Å². The topological polar surface area (TPSA) is 61.9 Å². The Balaban J connectivity index is 2.29. The highest BCUT2D eigenvalue weighted by molar-refractivity contribution is 5.58. The normalized spacial score (nSPS) is 9.60. The van der Waals surface area contributed by atoms with Gasteiger partial charge in [0.25, 0.3) is 0 Å². The average Bonchev–Trinajstić information content (AvgIpc) is 2.60. The van der Waals surface area contributed by atoms with Crippen molar-refractivity contribution in [3.05, 3.63) is 41.9 Å². The summed E-state index contributed by atoms with van der Waals surface area (Å²) in [5.41, 5.74) is 1.14. The van der Waals surface area contributed by atoms with Crippen molar-refractivity contribution in [2.24, 2.45) is 0 Å². The van der Waals surface area contributed by atoms with Gasteiger partial charge in [-0.15, -0.1) is 0 Å². The van der Waals surface area contributed by atoms with Crippen molar-refractivity contribution in [1.29, 1.82) is 5.26 Å². The second-order valence-electron chi connectivity index (χ2n) is 3.01. The lowest BCUT2D eigenvalue weighted by Crippen LogP contribution is -1.90. The maximum absolute atomic E-state index is 8.80. The van der Waals surface area contributed by atoms with Crippen molar-refractivity contribution >= 4 is 11.6 Å². The molecule has 2 aromatic rings. The van der Waals surface area contributed by atoms with Crippen LogP contribution in [0.5, 0.6) is 0 Å². The number of nitriles is 1. The largest absolute Gasteiger partial charge is 0.424 e. The molecule has 2 rings (SSSR count). The van der Waals surface area contributed by atoms with Crippen molar-refractivity contribution in [1.82, 2.24) is 4.98 Å². The minimum absolute atomic E-state index is 0.274. The first-order valence-electron chi connectivity index (χ1n) is 4.49. The predicted octanol–water partition coefficient (Wildman–Crippen LogP) is 2.60. The lowest BCUT2D eigenvalue weighted by Gasteiger charge is -2.00. The lowest BCUT2D eigenvalue weighted by molar-refractivity contribution is 0.537. The fourth-order valence-electron chi connectivity index (χ4n) is 1.24. The van der Waals surface area contributed by atoms with Crippen molar-refractivity contribution in [3.8, 4) is 6.07 Å². The highest BCUT2D eigenvalue weighted by atomic mass is 16.4. The molecule has 1 N–H and O–H groups in total. The highest BCUT2D eigenvalue weighted by Gasteiger charge is 2.09. The van der Waals surface area contributed by atoms with E-state index in [4.69, 9.17) is 9.68 Å². The SMILES string of the molecule is Cc1nc(C#N)c(Nc2ccccc2)o1. The van der Waals surface area contributed by atoms with E-state index in [2.05, 4.69) is 10.3 Å². The minimum atomic E-state index is 0.274. The van der Waals surface area contributed by atoms with E-state index in [1.165, 1.54) is 0 Å². The number of anilines is 2. The summed E-state index contributed by atoms with van der Waals surface area (Å²) in [5, 5.41) is 11.8.